The zero-order valence-corrected chi connectivity index (χ0v) is 16.0. The highest BCUT2D eigenvalue weighted by Crippen LogP contribution is 2.17. The number of hydrogen-bond acceptors (Lipinski definition) is 4. The van der Waals surface area contributed by atoms with Crippen LogP contribution in [0.1, 0.15) is 12.5 Å². The fourth-order valence-electron chi connectivity index (χ4n) is 2.47. The van der Waals surface area contributed by atoms with Crippen molar-refractivity contribution in [3.05, 3.63) is 72.8 Å². The summed E-state index contributed by atoms with van der Waals surface area (Å²) in [7, 11) is -3.87. The molecule has 0 spiro atoms. The molecule has 7 heteroatoms. The van der Waals surface area contributed by atoms with E-state index in [1.807, 2.05) is 37.3 Å². The highest BCUT2D eigenvalue weighted by atomic mass is 32.2. The maximum absolute atomic E-state index is 12.7. The van der Waals surface area contributed by atoms with Crippen LogP contribution in [-0.2, 0) is 21.2 Å². The third-order valence-electron chi connectivity index (χ3n) is 3.76. The van der Waals surface area contributed by atoms with Crippen LogP contribution < -0.4 is 14.8 Å². The van der Waals surface area contributed by atoms with Crippen LogP contribution in [0.25, 0.3) is 0 Å². The van der Waals surface area contributed by atoms with Crippen molar-refractivity contribution >= 4 is 15.9 Å². The van der Waals surface area contributed by atoms with Gasteiger partial charge in [-0.05, 0) is 43.2 Å². The molecule has 6 nitrogen and oxygen atoms in total. The lowest BCUT2D eigenvalue weighted by Crippen LogP contribution is -2.47. The van der Waals surface area contributed by atoms with Crippen molar-refractivity contribution in [1.29, 1.82) is 0 Å². The summed E-state index contributed by atoms with van der Waals surface area (Å²) in [5, 5.41) is 2.65. The Kier molecular flexibility index (Phi) is 7.57. The number of ether oxygens (including phenoxy) is 1. The van der Waals surface area contributed by atoms with Gasteiger partial charge in [-0.15, -0.1) is 6.58 Å². The molecular formula is C20H24N2O4S. The molecule has 0 saturated carbocycles. The lowest BCUT2D eigenvalue weighted by Gasteiger charge is -2.18. The second kappa shape index (κ2) is 9.89. The van der Waals surface area contributed by atoms with Gasteiger partial charge in [0.1, 0.15) is 11.8 Å². The molecule has 0 heterocycles. The maximum atomic E-state index is 12.7. The Morgan fingerprint density at radius 2 is 1.81 bits per heavy atom. The molecule has 2 aromatic rings. The highest BCUT2D eigenvalue weighted by molar-refractivity contribution is 7.89. The van der Waals surface area contributed by atoms with Gasteiger partial charge in [0.25, 0.3) is 0 Å². The Labute approximate surface area is 160 Å². The van der Waals surface area contributed by atoms with Gasteiger partial charge in [0.15, 0.2) is 0 Å². The molecule has 0 aliphatic rings. The third kappa shape index (κ3) is 6.23. The summed E-state index contributed by atoms with van der Waals surface area (Å²) in [6.45, 7) is 6.16. The summed E-state index contributed by atoms with van der Waals surface area (Å²) in [6.07, 6.45) is 1.78. The summed E-state index contributed by atoms with van der Waals surface area (Å²) in [6, 6.07) is 14.4. The fraction of sp³-hybridized carbons (Fsp3) is 0.250. The second-order valence-electron chi connectivity index (χ2n) is 5.80. The topological polar surface area (TPSA) is 84.5 Å². The predicted molar refractivity (Wildman–Crippen MR) is 105 cm³/mol. The summed E-state index contributed by atoms with van der Waals surface area (Å²) in [5.41, 5.74) is 0.852. The zero-order chi connectivity index (χ0) is 19.7. The molecule has 0 radical (unpaired) electrons. The first-order valence-corrected chi connectivity index (χ1v) is 10.1. The van der Waals surface area contributed by atoms with E-state index in [-0.39, 0.29) is 17.9 Å². The molecule has 2 N–H and O–H groups in total. The summed E-state index contributed by atoms with van der Waals surface area (Å²) >= 11 is 0. The minimum atomic E-state index is -3.87. The molecule has 2 aromatic carbocycles. The number of nitrogens with one attached hydrogen (secondary N) is 2. The first-order chi connectivity index (χ1) is 13.0. The normalized spacial score (nSPS) is 12.2. The average molecular weight is 388 g/mol. The number of rotatable bonds is 10. The van der Waals surface area contributed by atoms with Crippen LogP contribution in [0.2, 0.25) is 0 Å². The SMILES string of the molecule is C=CCNC(=O)[C@@H](Cc1ccccc1)NS(=O)(=O)c1ccc(OCC)cc1. The molecule has 0 aliphatic carbocycles. The van der Waals surface area contributed by atoms with E-state index in [0.717, 1.165) is 5.56 Å². The van der Waals surface area contributed by atoms with Crippen LogP contribution in [-0.4, -0.2) is 33.5 Å². The maximum Gasteiger partial charge on any atom is 0.241 e. The number of carbonyl (C=O) groups excluding carboxylic acids is 1. The molecule has 0 unspecified atom stereocenters. The number of benzene rings is 2. The van der Waals surface area contributed by atoms with Crippen LogP contribution in [0.5, 0.6) is 5.75 Å². The molecule has 0 aliphatic heterocycles. The lowest BCUT2D eigenvalue weighted by molar-refractivity contribution is -0.122. The number of sulfonamides is 1. The van der Waals surface area contributed by atoms with Gasteiger partial charge in [0, 0.05) is 6.54 Å². The standard InChI is InChI=1S/C20H24N2O4S/c1-3-14-21-20(23)19(15-16-8-6-5-7-9-16)22-27(24,25)18-12-10-17(11-13-18)26-4-2/h3,5-13,19,22H,1,4,14-15H2,2H3,(H,21,23)/t19-/m1/s1. The average Bonchev–Trinajstić information content (AvgIpc) is 2.67. The fourth-order valence-corrected chi connectivity index (χ4v) is 3.67. The molecule has 0 aromatic heterocycles. The van der Waals surface area contributed by atoms with E-state index in [1.165, 1.54) is 12.1 Å². The van der Waals surface area contributed by atoms with Crippen molar-refractivity contribution in [3.8, 4) is 5.75 Å². The van der Waals surface area contributed by atoms with E-state index in [9.17, 15) is 13.2 Å². The van der Waals surface area contributed by atoms with Crippen molar-refractivity contribution in [2.45, 2.75) is 24.3 Å². The Bertz CT molecular complexity index is 849. The molecular weight excluding hydrogens is 364 g/mol. The first-order valence-electron chi connectivity index (χ1n) is 8.64. The summed E-state index contributed by atoms with van der Waals surface area (Å²) in [4.78, 5) is 12.5. The van der Waals surface area contributed by atoms with Gasteiger partial charge in [-0.25, -0.2) is 8.42 Å². The van der Waals surface area contributed by atoms with E-state index >= 15 is 0 Å². The first kappa shape index (κ1) is 20.7. The largest absolute Gasteiger partial charge is 0.494 e. The monoisotopic (exact) mass is 388 g/mol. The van der Waals surface area contributed by atoms with E-state index in [2.05, 4.69) is 16.6 Å². The minimum absolute atomic E-state index is 0.0699. The smallest absolute Gasteiger partial charge is 0.241 e. The predicted octanol–water partition coefficient (Wildman–Crippen LogP) is 2.28. The Morgan fingerprint density at radius 3 is 2.41 bits per heavy atom. The van der Waals surface area contributed by atoms with Gasteiger partial charge in [-0.2, -0.15) is 4.72 Å². The number of carbonyl (C=O) groups is 1. The van der Waals surface area contributed by atoms with Crippen molar-refractivity contribution in [2.24, 2.45) is 0 Å². The molecule has 2 rings (SSSR count). The van der Waals surface area contributed by atoms with Gasteiger partial charge < -0.3 is 10.1 Å². The molecule has 144 valence electrons. The number of hydrogen-bond donors (Lipinski definition) is 2. The summed E-state index contributed by atoms with van der Waals surface area (Å²) in [5.74, 6) is 0.175. The van der Waals surface area contributed by atoms with Crippen LogP contribution in [0.3, 0.4) is 0 Å². The molecule has 27 heavy (non-hydrogen) atoms. The molecule has 0 fully saturated rings. The molecule has 0 saturated heterocycles. The molecule has 1 amide bonds. The molecule has 0 bridgehead atoms. The number of amides is 1. The van der Waals surface area contributed by atoms with Crippen molar-refractivity contribution in [1.82, 2.24) is 10.0 Å². The Hall–Kier alpha value is -2.64. The van der Waals surface area contributed by atoms with Crippen LogP contribution >= 0.6 is 0 Å². The van der Waals surface area contributed by atoms with Crippen molar-refractivity contribution < 1.29 is 17.9 Å². The Balaban J connectivity index is 2.20. The van der Waals surface area contributed by atoms with Crippen molar-refractivity contribution in [3.63, 3.8) is 0 Å². The van der Waals surface area contributed by atoms with Gasteiger partial charge in [-0.3, -0.25) is 4.79 Å². The van der Waals surface area contributed by atoms with Crippen LogP contribution in [0, 0.1) is 0 Å². The molecule has 1 atom stereocenters. The summed E-state index contributed by atoms with van der Waals surface area (Å²) < 4.78 is 33.3. The van der Waals surface area contributed by atoms with Crippen LogP contribution in [0.15, 0.2) is 72.1 Å². The second-order valence-corrected chi connectivity index (χ2v) is 7.52. The van der Waals surface area contributed by atoms with Gasteiger partial charge >= 0.3 is 0 Å². The van der Waals surface area contributed by atoms with E-state index in [1.54, 1.807) is 18.2 Å². The van der Waals surface area contributed by atoms with E-state index in [4.69, 9.17) is 4.74 Å². The quantitative estimate of drug-likeness (QED) is 0.612. The highest BCUT2D eigenvalue weighted by Gasteiger charge is 2.25. The van der Waals surface area contributed by atoms with Gasteiger partial charge in [0.2, 0.25) is 15.9 Å². The Morgan fingerprint density at radius 1 is 1.15 bits per heavy atom. The van der Waals surface area contributed by atoms with Gasteiger partial charge in [0.05, 0.1) is 11.5 Å². The van der Waals surface area contributed by atoms with Gasteiger partial charge in [-0.1, -0.05) is 36.4 Å². The third-order valence-corrected chi connectivity index (χ3v) is 5.25. The van der Waals surface area contributed by atoms with E-state index < -0.39 is 22.0 Å². The minimum Gasteiger partial charge on any atom is -0.494 e. The van der Waals surface area contributed by atoms with Crippen LogP contribution in [0.4, 0.5) is 0 Å². The lowest BCUT2D eigenvalue weighted by atomic mass is 10.1. The zero-order valence-electron chi connectivity index (χ0n) is 15.2. The van der Waals surface area contributed by atoms with E-state index in [0.29, 0.717) is 12.4 Å². The van der Waals surface area contributed by atoms with Crippen molar-refractivity contribution in [2.75, 3.05) is 13.2 Å².